The van der Waals surface area contributed by atoms with Crippen molar-refractivity contribution in [2.75, 3.05) is 7.11 Å². The fourth-order valence-electron chi connectivity index (χ4n) is 2.69. The number of hydrogen-bond donors (Lipinski definition) is 1. The number of aryl methyl sites for hydroxylation is 2. The number of nitrogens with zero attached hydrogens (tertiary/aromatic N) is 1. The molecule has 0 saturated carbocycles. The molecule has 0 saturated heterocycles. The summed E-state index contributed by atoms with van der Waals surface area (Å²) in [5.41, 5.74) is 3.94. The van der Waals surface area contributed by atoms with E-state index in [2.05, 4.69) is 9.97 Å². The number of esters is 1. The predicted octanol–water partition coefficient (Wildman–Crippen LogP) is 3.78. The van der Waals surface area contributed by atoms with Gasteiger partial charge in [-0.3, -0.25) is 14.6 Å². The van der Waals surface area contributed by atoms with Crippen LogP contribution < -0.4 is 0 Å². The van der Waals surface area contributed by atoms with Crippen LogP contribution in [0.3, 0.4) is 0 Å². The van der Waals surface area contributed by atoms with E-state index in [4.69, 9.17) is 16.3 Å². The third-order valence-electron chi connectivity index (χ3n) is 4.25. The van der Waals surface area contributed by atoms with Crippen molar-refractivity contribution in [2.24, 2.45) is 0 Å². The Morgan fingerprint density at radius 2 is 1.96 bits per heavy atom. The predicted molar refractivity (Wildman–Crippen MR) is 96.2 cm³/mol. The van der Waals surface area contributed by atoms with Crippen molar-refractivity contribution in [3.05, 3.63) is 63.6 Å². The van der Waals surface area contributed by atoms with Gasteiger partial charge in [0, 0.05) is 27.7 Å². The summed E-state index contributed by atoms with van der Waals surface area (Å²) in [5.74, 6) is -0.697. The zero-order valence-electron chi connectivity index (χ0n) is 14.1. The summed E-state index contributed by atoms with van der Waals surface area (Å²) in [4.78, 5) is 32.1. The van der Waals surface area contributed by atoms with Gasteiger partial charge in [-0.05, 0) is 49.2 Å². The third-order valence-corrected chi connectivity index (χ3v) is 4.48. The van der Waals surface area contributed by atoms with Crippen molar-refractivity contribution in [3.63, 3.8) is 0 Å². The molecule has 1 aromatic carbocycles. The molecule has 0 radical (unpaired) electrons. The highest BCUT2D eigenvalue weighted by Gasteiger charge is 2.22. The molecule has 0 amide bonds. The smallest absolute Gasteiger partial charge is 0.310 e. The molecule has 3 rings (SSSR count). The van der Waals surface area contributed by atoms with E-state index in [9.17, 15) is 9.59 Å². The van der Waals surface area contributed by atoms with Gasteiger partial charge in [0.2, 0.25) is 5.78 Å². The lowest BCUT2D eigenvalue weighted by atomic mass is 10.0. The maximum Gasteiger partial charge on any atom is 0.310 e. The molecule has 0 atom stereocenters. The molecule has 0 unspecified atom stereocenters. The molecule has 0 aliphatic heterocycles. The van der Waals surface area contributed by atoms with E-state index in [1.54, 1.807) is 30.5 Å². The number of halogens is 1. The number of fused-ring (bicyclic) bond motifs is 1. The molecule has 0 spiro atoms. The largest absolute Gasteiger partial charge is 0.469 e. The highest BCUT2D eigenvalue weighted by atomic mass is 35.5. The average Bonchev–Trinajstić information content (AvgIpc) is 2.94. The van der Waals surface area contributed by atoms with Gasteiger partial charge in [0.25, 0.3) is 0 Å². The molecule has 6 heteroatoms. The lowest BCUT2D eigenvalue weighted by molar-refractivity contribution is -0.139. The fourth-order valence-corrected chi connectivity index (χ4v) is 2.86. The van der Waals surface area contributed by atoms with Crippen LogP contribution in [0.4, 0.5) is 0 Å². The van der Waals surface area contributed by atoms with E-state index in [-0.39, 0.29) is 12.2 Å². The molecule has 0 aliphatic carbocycles. The summed E-state index contributed by atoms with van der Waals surface area (Å²) in [6.45, 7) is 3.86. The van der Waals surface area contributed by atoms with Gasteiger partial charge >= 0.3 is 5.97 Å². The first-order valence-corrected chi connectivity index (χ1v) is 8.13. The Morgan fingerprint density at radius 3 is 2.64 bits per heavy atom. The summed E-state index contributed by atoms with van der Waals surface area (Å²) in [5, 5.41) is 1.26. The summed E-state index contributed by atoms with van der Waals surface area (Å²) in [6, 6.07) is 6.99. The first-order valence-electron chi connectivity index (χ1n) is 7.75. The number of H-pyrrole nitrogens is 1. The molecular weight excluding hydrogens is 340 g/mol. The highest BCUT2D eigenvalue weighted by molar-refractivity contribution is 6.31. The van der Waals surface area contributed by atoms with Gasteiger partial charge in [0.1, 0.15) is 5.69 Å². The molecule has 3 aromatic rings. The molecule has 1 N–H and O–H groups in total. The third kappa shape index (κ3) is 3.28. The maximum absolute atomic E-state index is 13.0. The van der Waals surface area contributed by atoms with Crippen LogP contribution in [0.2, 0.25) is 5.02 Å². The number of ether oxygens (including phenoxy) is 1. The van der Waals surface area contributed by atoms with Gasteiger partial charge in [-0.2, -0.15) is 0 Å². The second-order valence-electron chi connectivity index (χ2n) is 5.90. The molecule has 0 aliphatic rings. The quantitative estimate of drug-likeness (QED) is 0.570. The van der Waals surface area contributed by atoms with Gasteiger partial charge < -0.3 is 9.72 Å². The topological polar surface area (TPSA) is 72.1 Å². The minimum absolute atomic E-state index is 0.0250. The second kappa shape index (κ2) is 6.69. The molecular formula is C19H17ClN2O3. The molecule has 0 bridgehead atoms. The van der Waals surface area contributed by atoms with Gasteiger partial charge in [0.15, 0.2) is 0 Å². The van der Waals surface area contributed by atoms with Crippen LogP contribution in [-0.2, 0) is 16.0 Å². The standard InChI is InChI=1S/C19H17ClN2O3/c1-10-6-16(21-9-11(10)2)19(24)18-14(8-17(23)25-3)13-7-12(20)4-5-15(13)22-18/h4-7,9,22H,8H2,1-3H3. The highest BCUT2D eigenvalue weighted by Crippen LogP contribution is 2.28. The first-order chi connectivity index (χ1) is 11.9. The van der Waals surface area contributed by atoms with Crippen LogP contribution in [0.5, 0.6) is 0 Å². The molecule has 0 fully saturated rings. The number of ketones is 1. The van der Waals surface area contributed by atoms with Crippen molar-refractivity contribution in [1.29, 1.82) is 0 Å². The number of nitrogens with one attached hydrogen (secondary N) is 1. The molecule has 2 heterocycles. The van der Waals surface area contributed by atoms with Crippen LogP contribution >= 0.6 is 11.6 Å². The van der Waals surface area contributed by atoms with E-state index in [0.29, 0.717) is 22.0 Å². The zero-order valence-corrected chi connectivity index (χ0v) is 14.9. The van der Waals surface area contributed by atoms with Crippen molar-refractivity contribution in [3.8, 4) is 0 Å². The lowest BCUT2D eigenvalue weighted by Crippen LogP contribution is -2.11. The van der Waals surface area contributed by atoms with Gasteiger partial charge in [-0.1, -0.05) is 11.6 Å². The Morgan fingerprint density at radius 1 is 1.20 bits per heavy atom. The number of methoxy groups -OCH3 is 1. The monoisotopic (exact) mass is 356 g/mol. The fraction of sp³-hybridized carbons (Fsp3) is 0.211. The lowest BCUT2D eigenvalue weighted by Gasteiger charge is -2.05. The van der Waals surface area contributed by atoms with E-state index in [1.807, 2.05) is 13.8 Å². The van der Waals surface area contributed by atoms with Crippen LogP contribution in [-0.4, -0.2) is 28.8 Å². The van der Waals surface area contributed by atoms with E-state index in [1.165, 1.54) is 7.11 Å². The second-order valence-corrected chi connectivity index (χ2v) is 6.34. The Labute approximate surface area is 150 Å². The minimum Gasteiger partial charge on any atom is -0.469 e. The average molecular weight is 357 g/mol. The van der Waals surface area contributed by atoms with Crippen molar-refractivity contribution in [2.45, 2.75) is 20.3 Å². The summed E-state index contributed by atoms with van der Waals surface area (Å²) < 4.78 is 4.77. The van der Waals surface area contributed by atoms with Crippen LogP contribution in [0.25, 0.3) is 10.9 Å². The summed E-state index contributed by atoms with van der Waals surface area (Å²) in [7, 11) is 1.32. The summed E-state index contributed by atoms with van der Waals surface area (Å²) in [6.07, 6.45) is 1.64. The maximum atomic E-state index is 13.0. The van der Waals surface area contributed by atoms with Gasteiger partial charge in [-0.25, -0.2) is 0 Å². The zero-order chi connectivity index (χ0) is 18.1. The normalized spacial score (nSPS) is 10.9. The number of rotatable bonds is 4. The Bertz CT molecular complexity index is 992. The number of aromatic amines is 1. The Balaban J connectivity index is 2.16. The Hall–Kier alpha value is -2.66. The SMILES string of the molecule is COC(=O)Cc1c(C(=O)c2cc(C)c(C)cn2)[nH]c2ccc(Cl)cc12. The van der Waals surface area contributed by atoms with Gasteiger partial charge in [0.05, 0.1) is 19.2 Å². The summed E-state index contributed by atoms with van der Waals surface area (Å²) >= 11 is 6.08. The molecule has 128 valence electrons. The van der Waals surface area contributed by atoms with Crippen LogP contribution in [0.15, 0.2) is 30.5 Å². The van der Waals surface area contributed by atoms with Crippen LogP contribution in [0, 0.1) is 13.8 Å². The number of aromatic nitrogens is 2. The molecule has 5 nitrogen and oxygen atoms in total. The van der Waals surface area contributed by atoms with Crippen molar-refractivity contribution < 1.29 is 14.3 Å². The number of pyridine rings is 1. The number of benzene rings is 1. The molecule has 25 heavy (non-hydrogen) atoms. The van der Waals surface area contributed by atoms with E-state index < -0.39 is 5.97 Å². The first kappa shape index (κ1) is 17.2. The number of carbonyl (C=O) groups excluding carboxylic acids is 2. The van der Waals surface area contributed by atoms with Crippen LogP contribution in [0.1, 0.15) is 32.9 Å². The van der Waals surface area contributed by atoms with E-state index >= 15 is 0 Å². The number of hydrogen-bond acceptors (Lipinski definition) is 4. The van der Waals surface area contributed by atoms with E-state index in [0.717, 1.165) is 22.0 Å². The van der Waals surface area contributed by atoms with Crippen molar-refractivity contribution in [1.82, 2.24) is 9.97 Å². The van der Waals surface area contributed by atoms with Gasteiger partial charge in [-0.15, -0.1) is 0 Å². The molecule has 2 aromatic heterocycles. The van der Waals surface area contributed by atoms with Crippen molar-refractivity contribution >= 4 is 34.3 Å². The minimum atomic E-state index is -0.428. The number of carbonyl (C=O) groups is 2. The Kier molecular flexibility index (Phi) is 4.59.